The number of ether oxygens (including phenoxy) is 2. The molecule has 0 spiro atoms. The summed E-state index contributed by atoms with van der Waals surface area (Å²) in [4.78, 5) is 33.5. The van der Waals surface area contributed by atoms with E-state index in [9.17, 15) is 9.59 Å². The molecule has 0 saturated carbocycles. The fourth-order valence-electron chi connectivity index (χ4n) is 5.20. The topological polar surface area (TPSA) is 77.4 Å². The zero-order valence-corrected chi connectivity index (χ0v) is 17.5. The Balaban J connectivity index is 1.33. The van der Waals surface area contributed by atoms with Gasteiger partial charge >= 0.3 is 0 Å². The van der Waals surface area contributed by atoms with E-state index in [1.165, 1.54) is 4.90 Å². The minimum Gasteiger partial charge on any atom is -0.497 e. The van der Waals surface area contributed by atoms with Gasteiger partial charge in [0.25, 0.3) is 0 Å². The molecule has 0 unspecified atom stereocenters. The van der Waals surface area contributed by atoms with Crippen LogP contribution in [0.3, 0.4) is 0 Å². The van der Waals surface area contributed by atoms with Crippen molar-refractivity contribution < 1.29 is 23.9 Å². The average Bonchev–Trinajstić information content (AvgIpc) is 3.49. The number of anilines is 1. The Hall–Kier alpha value is -2.71. The van der Waals surface area contributed by atoms with E-state index in [2.05, 4.69) is 21.1 Å². The molecule has 0 aliphatic carbocycles. The number of imide groups is 1. The maximum absolute atomic E-state index is 13.3. The molecule has 30 heavy (non-hydrogen) atoms. The standard InChI is InChI=1S/C22H17BrN2O5/c1-28-13-8-2-10(3-9-13)17-16-18-14-15(19(29-18)20(16)30-24-17)22(27)25(21(14)26)12-6-4-11(23)5-7-12/h2-9,14-16,18-20H,1H3/t14-,15+,16-,18-,19+,20-/m1/s1. The maximum atomic E-state index is 13.3. The summed E-state index contributed by atoms with van der Waals surface area (Å²) in [5, 5.41) is 4.31. The Morgan fingerprint density at radius 2 is 1.57 bits per heavy atom. The molecule has 3 saturated heterocycles. The molecular weight excluding hydrogens is 452 g/mol. The van der Waals surface area contributed by atoms with Gasteiger partial charge in [0.2, 0.25) is 11.8 Å². The van der Waals surface area contributed by atoms with E-state index in [1.54, 1.807) is 19.2 Å². The lowest BCUT2D eigenvalue weighted by Gasteiger charge is -2.26. The highest BCUT2D eigenvalue weighted by atomic mass is 79.9. The number of nitrogens with zero attached hydrogens (tertiary/aromatic N) is 2. The number of benzene rings is 2. The SMILES string of the molecule is COc1ccc(C2=NO[C@H]3[C@H]4O[C@@H]([C@@H]23)[C@@H]2C(=O)N(c3ccc(Br)cc3)C(=O)[C@H]42)cc1. The van der Waals surface area contributed by atoms with Crippen molar-refractivity contribution in [2.75, 3.05) is 12.0 Å². The molecule has 4 aliphatic heterocycles. The number of amides is 2. The van der Waals surface area contributed by atoms with Crippen molar-refractivity contribution in [3.8, 4) is 5.75 Å². The zero-order chi connectivity index (χ0) is 20.6. The van der Waals surface area contributed by atoms with E-state index in [0.29, 0.717) is 5.69 Å². The van der Waals surface area contributed by atoms with Crippen LogP contribution in [0.15, 0.2) is 58.2 Å². The molecule has 2 bridgehead atoms. The number of carbonyl (C=O) groups excluding carboxylic acids is 2. The van der Waals surface area contributed by atoms with E-state index >= 15 is 0 Å². The molecule has 2 aromatic carbocycles. The van der Waals surface area contributed by atoms with E-state index in [4.69, 9.17) is 14.3 Å². The van der Waals surface area contributed by atoms with Crippen molar-refractivity contribution in [2.24, 2.45) is 22.9 Å². The Morgan fingerprint density at radius 3 is 2.23 bits per heavy atom. The Labute approximate surface area is 180 Å². The average molecular weight is 469 g/mol. The summed E-state index contributed by atoms with van der Waals surface area (Å²) >= 11 is 3.39. The minimum atomic E-state index is -0.530. The van der Waals surface area contributed by atoms with Crippen LogP contribution in [0.25, 0.3) is 0 Å². The van der Waals surface area contributed by atoms with Crippen LogP contribution in [0, 0.1) is 17.8 Å². The molecule has 4 heterocycles. The quantitative estimate of drug-likeness (QED) is 0.647. The van der Waals surface area contributed by atoms with Crippen LogP contribution in [0.2, 0.25) is 0 Å². The van der Waals surface area contributed by atoms with E-state index in [1.807, 2.05) is 36.4 Å². The van der Waals surface area contributed by atoms with E-state index in [0.717, 1.165) is 21.5 Å². The monoisotopic (exact) mass is 468 g/mol. The van der Waals surface area contributed by atoms with Gasteiger partial charge in [0.05, 0.1) is 42.4 Å². The lowest BCUT2D eigenvalue weighted by molar-refractivity contribution is -0.125. The molecule has 0 N–H and O–H groups in total. The number of hydrogen-bond acceptors (Lipinski definition) is 6. The summed E-state index contributed by atoms with van der Waals surface area (Å²) in [6, 6.07) is 14.7. The Bertz CT molecular complexity index is 1080. The molecule has 2 amide bonds. The minimum absolute atomic E-state index is 0.175. The smallest absolute Gasteiger partial charge is 0.240 e. The highest BCUT2D eigenvalue weighted by Crippen LogP contribution is 2.55. The largest absolute Gasteiger partial charge is 0.497 e. The molecule has 0 radical (unpaired) electrons. The number of methoxy groups -OCH3 is 1. The van der Waals surface area contributed by atoms with Gasteiger partial charge in [0, 0.05) is 10.0 Å². The fraction of sp³-hybridized carbons (Fsp3) is 0.318. The maximum Gasteiger partial charge on any atom is 0.240 e. The third-order valence-corrected chi connectivity index (χ3v) is 7.04. The molecule has 3 fully saturated rings. The van der Waals surface area contributed by atoms with Crippen LogP contribution in [0.1, 0.15) is 5.56 Å². The predicted molar refractivity (Wildman–Crippen MR) is 110 cm³/mol. The van der Waals surface area contributed by atoms with Gasteiger partial charge in [-0.3, -0.25) is 9.59 Å². The van der Waals surface area contributed by atoms with Crippen LogP contribution in [-0.2, 0) is 19.2 Å². The normalized spacial score (nSPS) is 33.4. The van der Waals surface area contributed by atoms with Crippen molar-refractivity contribution >= 4 is 39.1 Å². The summed E-state index contributed by atoms with van der Waals surface area (Å²) in [7, 11) is 1.62. The molecule has 7 nitrogen and oxygen atoms in total. The first-order chi connectivity index (χ1) is 14.6. The number of oxime groups is 1. The number of carbonyl (C=O) groups is 2. The summed E-state index contributed by atoms with van der Waals surface area (Å²) in [6.45, 7) is 0. The van der Waals surface area contributed by atoms with Gasteiger partial charge in [-0.25, -0.2) is 4.90 Å². The van der Waals surface area contributed by atoms with Gasteiger partial charge in [0.15, 0.2) is 6.10 Å². The molecule has 6 atom stereocenters. The Morgan fingerprint density at radius 1 is 0.900 bits per heavy atom. The number of rotatable bonds is 3. The summed E-state index contributed by atoms with van der Waals surface area (Å²) in [5.74, 6) is -0.901. The molecule has 6 rings (SSSR count). The van der Waals surface area contributed by atoms with Crippen LogP contribution < -0.4 is 9.64 Å². The lowest BCUT2D eigenvalue weighted by atomic mass is 9.71. The predicted octanol–water partition coefficient (Wildman–Crippen LogP) is 2.76. The molecular formula is C22H17BrN2O5. The second-order valence-corrected chi connectivity index (χ2v) is 8.82. The Kier molecular flexibility index (Phi) is 3.85. The summed E-state index contributed by atoms with van der Waals surface area (Å²) < 4.78 is 12.3. The first-order valence-corrected chi connectivity index (χ1v) is 10.5. The summed E-state index contributed by atoms with van der Waals surface area (Å²) in [6.07, 6.45) is -1.25. The summed E-state index contributed by atoms with van der Waals surface area (Å²) in [5.41, 5.74) is 2.24. The molecule has 0 aromatic heterocycles. The van der Waals surface area contributed by atoms with Crippen LogP contribution in [0.4, 0.5) is 5.69 Å². The lowest BCUT2D eigenvalue weighted by Crippen LogP contribution is -2.45. The van der Waals surface area contributed by atoms with Gasteiger partial charge in [-0.2, -0.15) is 0 Å². The fourth-order valence-corrected chi connectivity index (χ4v) is 5.47. The van der Waals surface area contributed by atoms with Crippen molar-refractivity contribution in [1.82, 2.24) is 0 Å². The van der Waals surface area contributed by atoms with Gasteiger partial charge in [-0.05, 0) is 48.5 Å². The highest BCUT2D eigenvalue weighted by molar-refractivity contribution is 9.10. The van der Waals surface area contributed by atoms with Crippen LogP contribution in [0.5, 0.6) is 5.75 Å². The first-order valence-electron chi connectivity index (χ1n) is 9.75. The molecule has 4 aliphatic rings. The molecule has 152 valence electrons. The van der Waals surface area contributed by atoms with Crippen molar-refractivity contribution in [3.63, 3.8) is 0 Å². The van der Waals surface area contributed by atoms with Gasteiger partial charge < -0.3 is 14.3 Å². The van der Waals surface area contributed by atoms with Crippen molar-refractivity contribution in [1.29, 1.82) is 0 Å². The first kappa shape index (κ1) is 18.1. The second kappa shape index (κ2) is 6.39. The van der Waals surface area contributed by atoms with Gasteiger partial charge in [-0.1, -0.05) is 21.1 Å². The second-order valence-electron chi connectivity index (χ2n) is 7.91. The van der Waals surface area contributed by atoms with Crippen molar-refractivity contribution in [2.45, 2.75) is 18.3 Å². The third kappa shape index (κ3) is 2.31. The van der Waals surface area contributed by atoms with Gasteiger partial charge in [-0.15, -0.1) is 0 Å². The van der Waals surface area contributed by atoms with Crippen molar-refractivity contribution in [3.05, 3.63) is 58.6 Å². The third-order valence-electron chi connectivity index (χ3n) is 6.51. The van der Waals surface area contributed by atoms with Crippen LogP contribution >= 0.6 is 15.9 Å². The molecule has 8 heteroatoms. The number of halogens is 1. The number of fused-ring (bicyclic) bond motifs is 8. The zero-order valence-electron chi connectivity index (χ0n) is 15.9. The highest BCUT2D eigenvalue weighted by Gasteiger charge is 2.72. The van der Waals surface area contributed by atoms with Gasteiger partial charge in [0.1, 0.15) is 11.9 Å². The molecule has 2 aromatic rings. The van der Waals surface area contributed by atoms with E-state index < -0.39 is 24.0 Å². The number of hydrogen-bond donors (Lipinski definition) is 0. The van der Waals surface area contributed by atoms with Crippen LogP contribution in [-0.4, -0.2) is 42.9 Å². The van der Waals surface area contributed by atoms with E-state index in [-0.39, 0.29) is 23.8 Å².